The highest BCUT2D eigenvalue weighted by Gasteiger charge is 2.13. The Morgan fingerprint density at radius 1 is 1.11 bits per heavy atom. The Morgan fingerprint density at radius 2 is 1.86 bits per heavy atom. The number of aromatic nitrogens is 2. The van der Waals surface area contributed by atoms with Gasteiger partial charge in [-0.15, -0.1) is 0 Å². The van der Waals surface area contributed by atoms with E-state index >= 15 is 0 Å². The number of hydrogen-bond donors (Lipinski definition) is 2. The third-order valence-electron chi connectivity index (χ3n) is 4.23. The van der Waals surface area contributed by atoms with Gasteiger partial charge in [0.1, 0.15) is 0 Å². The molecule has 1 aromatic heterocycles. The number of aryl methyl sites for hydroxylation is 2. The summed E-state index contributed by atoms with van der Waals surface area (Å²) in [5, 5.41) is 5.77. The zero-order valence-electron chi connectivity index (χ0n) is 16.0. The predicted octanol–water partition coefficient (Wildman–Crippen LogP) is 4.14. The lowest BCUT2D eigenvalue weighted by molar-refractivity contribution is -0.117. The van der Waals surface area contributed by atoms with E-state index in [0.717, 1.165) is 22.4 Å². The van der Waals surface area contributed by atoms with Gasteiger partial charge >= 0.3 is 6.03 Å². The number of thioether (sulfide) groups is 1. The van der Waals surface area contributed by atoms with E-state index in [4.69, 9.17) is 0 Å². The molecule has 3 aromatic rings. The van der Waals surface area contributed by atoms with E-state index in [1.54, 1.807) is 6.20 Å². The molecule has 3 amide bonds. The smallest absolute Gasteiger partial charge is 0.322 e. The second-order valence-corrected chi connectivity index (χ2v) is 7.40. The van der Waals surface area contributed by atoms with Gasteiger partial charge in [0, 0.05) is 12.7 Å². The number of rotatable bonds is 5. The third kappa shape index (κ3) is 4.80. The van der Waals surface area contributed by atoms with E-state index in [0.29, 0.717) is 10.8 Å². The van der Waals surface area contributed by atoms with E-state index in [1.807, 2.05) is 74.0 Å². The first-order valence-electron chi connectivity index (χ1n) is 8.82. The average molecular weight is 395 g/mol. The van der Waals surface area contributed by atoms with Crippen LogP contribution in [0.15, 0.2) is 59.9 Å². The fourth-order valence-corrected chi connectivity index (χ4v) is 3.56. The van der Waals surface area contributed by atoms with Crippen LogP contribution in [0, 0.1) is 13.8 Å². The number of anilines is 1. The third-order valence-corrected chi connectivity index (χ3v) is 5.27. The number of carbonyl (C=O) groups excluding carboxylic acids is 2. The number of imide groups is 1. The van der Waals surface area contributed by atoms with Crippen LogP contribution in [0.1, 0.15) is 11.1 Å². The molecule has 0 saturated carbocycles. The number of nitrogens with one attached hydrogen (secondary N) is 2. The van der Waals surface area contributed by atoms with Crippen molar-refractivity contribution in [2.75, 3.05) is 11.1 Å². The number of benzene rings is 2. The average Bonchev–Trinajstić information content (AvgIpc) is 3.03. The van der Waals surface area contributed by atoms with Gasteiger partial charge in [-0.1, -0.05) is 59.8 Å². The SMILES string of the molecule is Cc1ccc(NC(=O)NC(=O)CSc2ncc(-c3ccccc3)n2C)c(C)c1. The number of carbonyl (C=O) groups is 2. The molecule has 144 valence electrons. The fraction of sp³-hybridized carbons (Fsp3) is 0.190. The normalized spacial score (nSPS) is 10.5. The van der Waals surface area contributed by atoms with E-state index < -0.39 is 6.03 Å². The molecule has 0 aliphatic rings. The van der Waals surface area contributed by atoms with Crippen LogP contribution in [0.4, 0.5) is 10.5 Å². The zero-order valence-corrected chi connectivity index (χ0v) is 16.8. The Labute approximate surface area is 168 Å². The molecule has 7 heteroatoms. The Bertz CT molecular complexity index is 999. The van der Waals surface area contributed by atoms with Crippen LogP contribution in [0.2, 0.25) is 0 Å². The van der Waals surface area contributed by atoms with Crippen molar-refractivity contribution in [1.29, 1.82) is 0 Å². The molecule has 2 N–H and O–H groups in total. The topological polar surface area (TPSA) is 76.0 Å². The maximum Gasteiger partial charge on any atom is 0.325 e. The molecule has 6 nitrogen and oxygen atoms in total. The number of hydrogen-bond acceptors (Lipinski definition) is 4. The first-order chi connectivity index (χ1) is 13.4. The van der Waals surface area contributed by atoms with Crippen molar-refractivity contribution in [3.8, 4) is 11.3 Å². The summed E-state index contributed by atoms with van der Waals surface area (Å²) in [7, 11) is 1.91. The summed E-state index contributed by atoms with van der Waals surface area (Å²) in [6, 6.07) is 15.1. The number of imidazole rings is 1. The molecule has 2 aromatic carbocycles. The number of nitrogens with zero attached hydrogens (tertiary/aromatic N) is 2. The predicted molar refractivity (Wildman–Crippen MR) is 112 cm³/mol. The molecule has 0 saturated heterocycles. The molecule has 28 heavy (non-hydrogen) atoms. The van der Waals surface area contributed by atoms with E-state index in [-0.39, 0.29) is 11.7 Å². The lowest BCUT2D eigenvalue weighted by Gasteiger charge is -2.10. The standard InChI is InChI=1S/C21H22N4O2S/c1-14-9-10-17(15(2)11-14)23-20(27)24-19(26)13-28-21-22-12-18(25(21)3)16-7-5-4-6-8-16/h4-12H,13H2,1-3H3,(H2,23,24,26,27). The van der Waals surface area contributed by atoms with Crippen molar-refractivity contribution in [2.45, 2.75) is 19.0 Å². The summed E-state index contributed by atoms with van der Waals surface area (Å²) in [4.78, 5) is 28.5. The van der Waals surface area contributed by atoms with Crippen LogP contribution in [0.5, 0.6) is 0 Å². The molecular formula is C21H22N4O2S. The molecule has 0 unspecified atom stereocenters. The van der Waals surface area contributed by atoms with Crippen LogP contribution in [-0.4, -0.2) is 27.2 Å². The van der Waals surface area contributed by atoms with Gasteiger partial charge in [-0.3, -0.25) is 10.1 Å². The first-order valence-corrected chi connectivity index (χ1v) is 9.80. The van der Waals surface area contributed by atoms with E-state index in [1.165, 1.54) is 11.8 Å². The van der Waals surface area contributed by atoms with Crippen molar-refractivity contribution in [3.63, 3.8) is 0 Å². The molecule has 0 aliphatic carbocycles. The highest BCUT2D eigenvalue weighted by Crippen LogP contribution is 2.24. The van der Waals surface area contributed by atoms with Crippen LogP contribution in [-0.2, 0) is 11.8 Å². The van der Waals surface area contributed by atoms with Crippen LogP contribution < -0.4 is 10.6 Å². The Kier molecular flexibility index (Phi) is 6.16. The Balaban J connectivity index is 1.54. The van der Waals surface area contributed by atoms with Crippen LogP contribution in [0.3, 0.4) is 0 Å². The molecule has 0 fully saturated rings. The summed E-state index contributed by atoms with van der Waals surface area (Å²) < 4.78 is 1.93. The largest absolute Gasteiger partial charge is 0.325 e. The van der Waals surface area contributed by atoms with Crippen molar-refractivity contribution < 1.29 is 9.59 Å². The minimum atomic E-state index is -0.539. The summed E-state index contributed by atoms with van der Waals surface area (Å²) in [6.07, 6.45) is 1.78. The van der Waals surface area contributed by atoms with Crippen molar-refractivity contribution in [2.24, 2.45) is 7.05 Å². The van der Waals surface area contributed by atoms with Gasteiger partial charge in [0.15, 0.2) is 5.16 Å². The van der Waals surface area contributed by atoms with Gasteiger partial charge in [-0.25, -0.2) is 9.78 Å². The highest BCUT2D eigenvalue weighted by atomic mass is 32.2. The molecule has 0 spiro atoms. The summed E-state index contributed by atoms with van der Waals surface area (Å²) >= 11 is 1.28. The molecule has 0 bridgehead atoms. The summed E-state index contributed by atoms with van der Waals surface area (Å²) in [6.45, 7) is 3.89. The molecule has 0 radical (unpaired) electrons. The van der Waals surface area contributed by atoms with Gasteiger partial charge in [-0.05, 0) is 31.0 Å². The molecule has 1 heterocycles. The molecule has 3 rings (SSSR count). The van der Waals surface area contributed by atoms with Crippen LogP contribution in [0.25, 0.3) is 11.3 Å². The molecule has 0 atom stereocenters. The summed E-state index contributed by atoms with van der Waals surface area (Å²) in [5.41, 5.74) is 4.76. The zero-order chi connectivity index (χ0) is 20.1. The lowest BCUT2D eigenvalue weighted by atomic mass is 10.1. The quantitative estimate of drug-likeness (QED) is 0.638. The van der Waals surface area contributed by atoms with Gasteiger partial charge in [0.25, 0.3) is 0 Å². The van der Waals surface area contributed by atoms with Crippen molar-refractivity contribution in [1.82, 2.24) is 14.9 Å². The number of amides is 3. The van der Waals surface area contributed by atoms with Gasteiger partial charge < -0.3 is 9.88 Å². The minimum Gasteiger partial charge on any atom is -0.322 e. The Hall–Kier alpha value is -3.06. The van der Waals surface area contributed by atoms with Gasteiger partial charge in [-0.2, -0.15) is 0 Å². The first kappa shape index (κ1) is 19.7. The highest BCUT2D eigenvalue weighted by molar-refractivity contribution is 7.99. The van der Waals surface area contributed by atoms with E-state index in [2.05, 4.69) is 15.6 Å². The second kappa shape index (κ2) is 8.75. The maximum atomic E-state index is 12.1. The van der Waals surface area contributed by atoms with Gasteiger partial charge in [0.2, 0.25) is 5.91 Å². The Morgan fingerprint density at radius 3 is 2.57 bits per heavy atom. The maximum absolute atomic E-state index is 12.1. The monoisotopic (exact) mass is 394 g/mol. The van der Waals surface area contributed by atoms with Crippen LogP contribution >= 0.6 is 11.8 Å². The molecular weight excluding hydrogens is 372 g/mol. The minimum absolute atomic E-state index is 0.0966. The summed E-state index contributed by atoms with van der Waals surface area (Å²) in [5.74, 6) is -0.282. The van der Waals surface area contributed by atoms with Crippen molar-refractivity contribution in [3.05, 3.63) is 65.9 Å². The number of urea groups is 1. The van der Waals surface area contributed by atoms with E-state index in [9.17, 15) is 9.59 Å². The fourth-order valence-electron chi connectivity index (χ4n) is 2.80. The van der Waals surface area contributed by atoms with Crippen molar-refractivity contribution >= 4 is 29.4 Å². The second-order valence-electron chi connectivity index (χ2n) is 6.46. The van der Waals surface area contributed by atoms with Gasteiger partial charge in [0.05, 0.1) is 17.6 Å². The molecule has 0 aliphatic heterocycles. The lowest BCUT2D eigenvalue weighted by Crippen LogP contribution is -2.35.